The summed E-state index contributed by atoms with van der Waals surface area (Å²) in [6.07, 6.45) is 6.56. The Morgan fingerprint density at radius 1 is 1.20 bits per heavy atom. The second-order valence-electron chi connectivity index (χ2n) is 8.08. The van der Waals surface area contributed by atoms with Gasteiger partial charge in [-0.15, -0.1) is 11.3 Å². The molecule has 3 atom stereocenters. The van der Waals surface area contributed by atoms with Crippen LogP contribution in [0.25, 0.3) is 10.6 Å². The van der Waals surface area contributed by atoms with Crippen LogP contribution in [0.2, 0.25) is 0 Å². The molecule has 1 aliphatic rings. The van der Waals surface area contributed by atoms with Gasteiger partial charge >= 0.3 is 0 Å². The Labute approximate surface area is 178 Å². The highest BCUT2D eigenvalue weighted by molar-refractivity contribution is 7.13. The monoisotopic (exact) mass is 427 g/mol. The normalized spacial score (nSPS) is 21.5. The van der Waals surface area contributed by atoms with Gasteiger partial charge in [0, 0.05) is 30.2 Å². The first-order chi connectivity index (χ1) is 14.4. The molecule has 0 amide bonds. The van der Waals surface area contributed by atoms with Crippen molar-refractivity contribution in [2.75, 3.05) is 0 Å². The van der Waals surface area contributed by atoms with Crippen LogP contribution >= 0.6 is 11.3 Å². The second kappa shape index (κ2) is 8.70. The van der Waals surface area contributed by atoms with Crippen molar-refractivity contribution in [1.82, 2.24) is 9.97 Å². The van der Waals surface area contributed by atoms with E-state index in [2.05, 4.69) is 16.9 Å². The molecule has 0 bridgehead atoms. The lowest BCUT2D eigenvalue weighted by molar-refractivity contribution is 0.0988. The Hall–Kier alpha value is -2.51. The molecular weight excluding hydrogens is 404 g/mol. The van der Waals surface area contributed by atoms with Crippen LogP contribution in [0.4, 0.5) is 8.78 Å². The molecule has 1 fully saturated rings. The van der Waals surface area contributed by atoms with Crippen LogP contribution in [0, 0.1) is 17.6 Å². The third-order valence-corrected chi connectivity index (χ3v) is 6.54. The van der Waals surface area contributed by atoms with Gasteiger partial charge in [-0.1, -0.05) is 13.0 Å². The second-order valence-corrected chi connectivity index (χ2v) is 8.94. The van der Waals surface area contributed by atoms with Gasteiger partial charge in [-0.3, -0.25) is 9.78 Å². The van der Waals surface area contributed by atoms with Gasteiger partial charge in [-0.2, -0.15) is 0 Å². The molecule has 0 aliphatic heterocycles. The summed E-state index contributed by atoms with van der Waals surface area (Å²) in [6, 6.07) is 5.79. The Kier molecular flexibility index (Phi) is 6.01. The van der Waals surface area contributed by atoms with Crippen LogP contribution in [-0.2, 0) is 6.42 Å². The number of thiazole rings is 1. The quantitative estimate of drug-likeness (QED) is 0.573. The fourth-order valence-electron chi connectivity index (χ4n) is 4.38. The predicted octanol–water partition coefficient (Wildman–Crippen LogP) is 5.14. The molecule has 2 N–H and O–H groups in total. The minimum absolute atomic E-state index is 0.145. The van der Waals surface area contributed by atoms with Crippen molar-refractivity contribution in [2.24, 2.45) is 11.7 Å². The number of benzene rings is 1. The highest BCUT2D eigenvalue weighted by Gasteiger charge is 2.27. The number of carbonyl (C=O) groups is 1. The van der Waals surface area contributed by atoms with Crippen molar-refractivity contribution in [3.05, 3.63) is 70.5 Å². The molecule has 2 heterocycles. The molecule has 1 saturated carbocycles. The first-order valence-electron chi connectivity index (χ1n) is 10.0. The zero-order valence-corrected chi connectivity index (χ0v) is 17.5. The number of ketones is 1. The molecule has 4 rings (SSSR count). The van der Waals surface area contributed by atoms with Crippen molar-refractivity contribution in [1.29, 1.82) is 0 Å². The SMILES string of the molecule is C[C@@H]1C[C@H](N)C[C@H](c2ccncc2CC(=O)c2csc(-c3c(F)cccc3F)n2)C1. The Morgan fingerprint density at radius 2 is 1.97 bits per heavy atom. The van der Waals surface area contributed by atoms with Crippen molar-refractivity contribution < 1.29 is 13.6 Å². The van der Waals surface area contributed by atoms with E-state index >= 15 is 0 Å². The van der Waals surface area contributed by atoms with Crippen LogP contribution in [0.5, 0.6) is 0 Å². The fourth-order valence-corrected chi connectivity index (χ4v) is 5.25. The minimum atomic E-state index is -0.694. The van der Waals surface area contributed by atoms with Crippen LogP contribution < -0.4 is 5.73 Å². The molecule has 1 aliphatic carbocycles. The average Bonchev–Trinajstić information content (AvgIpc) is 3.17. The summed E-state index contributed by atoms with van der Waals surface area (Å²) < 4.78 is 28.1. The van der Waals surface area contributed by atoms with Crippen molar-refractivity contribution >= 4 is 17.1 Å². The zero-order valence-electron chi connectivity index (χ0n) is 16.6. The lowest BCUT2D eigenvalue weighted by Gasteiger charge is -2.32. The molecular formula is C23H23F2N3OS. The number of carbonyl (C=O) groups excluding carboxylic acids is 1. The van der Waals surface area contributed by atoms with Gasteiger partial charge in [0.2, 0.25) is 0 Å². The molecule has 0 radical (unpaired) electrons. The molecule has 7 heteroatoms. The summed E-state index contributed by atoms with van der Waals surface area (Å²) in [6.45, 7) is 2.21. The Morgan fingerprint density at radius 3 is 2.70 bits per heavy atom. The molecule has 1 aromatic carbocycles. The van der Waals surface area contributed by atoms with Gasteiger partial charge in [-0.25, -0.2) is 13.8 Å². The number of Topliss-reactive ketones (excluding diaryl/α,β-unsaturated/α-hetero) is 1. The summed E-state index contributed by atoms with van der Waals surface area (Å²) in [4.78, 5) is 21.3. The molecule has 0 unspecified atom stereocenters. The van der Waals surface area contributed by atoms with E-state index in [1.165, 1.54) is 18.2 Å². The standard InChI is InChI=1S/C23H23F2N3OS/c1-13-7-14(9-16(26)8-13)17-5-6-27-11-15(17)10-21(29)20-12-30-23(28-20)22-18(24)3-2-4-19(22)25/h2-6,11-14,16H,7-10,26H2,1H3/t13-,14+,16-/m0/s1. The highest BCUT2D eigenvalue weighted by Crippen LogP contribution is 2.37. The predicted molar refractivity (Wildman–Crippen MR) is 113 cm³/mol. The third kappa shape index (κ3) is 4.32. The molecule has 156 valence electrons. The van der Waals surface area contributed by atoms with Gasteiger partial charge in [0.05, 0.1) is 5.56 Å². The van der Waals surface area contributed by atoms with Gasteiger partial charge in [0.25, 0.3) is 0 Å². The smallest absolute Gasteiger partial charge is 0.186 e. The van der Waals surface area contributed by atoms with E-state index in [0.29, 0.717) is 11.8 Å². The Balaban J connectivity index is 1.57. The van der Waals surface area contributed by atoms with Crippen molar-refractivity contribution in [2.45, 2.75) is 44.6 Å². The zero-order chi connectivity index (χ0) is 21.3. The van der Waals surface area contributed by atoms with Crippen molar-refractivity contribution in [3.8, 4) is 10.6 Å². The number of hydrogen-bond acceptors (Lipinski definition) is 5. The topological polar surface area (TPSA) is 68.9 Å². The number of pyridine rings is 1. The maximum atomic E-state index is 14.0. The minimum Gasteiger partial charge on any atom is -0.328 e. The third-order valence-electron chi connectivity index (χ3n) is 5.68. The molecule has 0 saturated heterocycles. The van der Waals surface area contributed by atoms with Crippen LogP contribution in [-0.4, -0.2) is 21.8 Å². The lowest BCUT2D eigenvalue weighted by Crippen LogP contribution is -2.31. The van der Waals surface area contributed by atoms with Gasteiger partial charge < -0.3 is 5.73 Å². The fraction of sp³-hybridized carbons (Fsp3) is 0.348. The van der Waals surface area contributed by atoms with E-state index in [9.17, 15) is 13.6 Å². The maximum Gasteiger partial charge on any atom is 0.186 e. The van der Waals surface area contributed by atoms with E-state index in [1.54, 1.807) is 17.8 Å². The molecule has 0 spiro atoms. The van der Waals surface area contributed by atoms with E-state index in [4.69, 9.17) is 5.73 Å². The first kappa shape index (κ1) is 20.8. The summed E-state index contributed by atoms with van der Waals surface area (Å²) in [5, 5.41) is 1.71. The number of aromatic nitrogens is 2. The molecule has 3 aromatic rings. The van der Waals surface area contributed by atoms with Crippen LogP contribution in [0.3, 0.4) is 0 Å². The average molecular weight is 428 g/mol. The van der Waals surface area contributed by atoms with Gasteiger partial charge in [0.1, 0.15) is 22.3 Å². The number of rotatable bonds is 5. The first-order valence-corrected chi connectivity index (χ1v) is 10.9. The van der Waals surface area contributed by atoms with Crippen LogP contribution in [0.1, 0.15) is 53.7 Å². The number of nitrogens with zero attached hydrogens (tertiary/aromatic N) is 2. The number of hydrogen-bond donors (Lipinski definition) is 1. The number of halogens is 2. The highest BCUT2D eigenvalue weighted by atomic mass is 32.1. The van der Waals surface area contributed by atoms with E-state index < -0.39 is 11.6 Å². The van der Waals surface area contributed by atoms with Crippen molar-refractivity contribution in [3.63, 3.8) is 0 Å². The largest absolute Gasteiger partial charge is 0.328 e. The molecule has 2 aromatic heterocycles. The summed E-state index contributed by atoms with van der Waals surface area (Å²) >= 11 is 1.06. The van der Waals surface area contributed by atoms with E-state index in [0.717, 1.165) is 41.7 Å². The van der Waals surface area contributed by atoms with E-state index in [-0.39, 0.29) is 34.5 Å². The van der Waals surface area contributed by atoms with Gasteiger partial charge in [-0.05, 0) is 60.4 Å². The number of nitrogens with two attached hydrogens (primary N) is 1. The van der Waals surface area contributed by atoms with Crippen LogP contribution in [0.15, 0.2) is 42.0 Å². The maximum absolute atomic E-state index is 14.0. The summed E-state index contributed by atoms with van der Waals surface area (Å²) in [5.41, 5.74) is 8.20. The van der Waals surface area contributed by atoms with E-state index in [1.807, 2.05) is 6.07 Å². The molecule has 30 heavy (non-hydrogen) atoms. The summed E-state index contributed by atoms with van der Waals surface area (Å²) in [5.74, 6) is -0.752. The molecule has 4 nitrogen and oxygen atoms in total. The summed E-state index contributed by atoms with van der Waals surface area (Å²) in [7, 11) is 0. The van der Waals surface area contributed by atoms with Gasteiger partial charge in [0.15, 0.2) is 5.78 Å². The lowest BCUT2D eigenvalue weighted by atomic mass is 9.75. The Bertz CT molecular complexity index is 1040.